The van der Waals surface area contributed by atoms with Crippen LogP contribution >= 0.6 is 0 Å². The fourth-order valence-electron chi connectivity index (χ4n) is 2.01. The molecule has 1 aliphatic carbocycles. The summed E-state index contributed by atoms with van der Waals surface area (Å²) < 4.78 is 0. The van der Waals surface area contributed by atoms with Gasteiger partial charge in [-0.3, -0.25) is 0 Å². The van der Waals surface area contributed by atoms with E-state index in [1.807, 2.05) is 6.92 Å². The molecule has 1 atom stereocenters. The molecule has 0 heterocycles. The van der Waals surface area contributed by atoms with Gasteiger partial charge in [-0.1, -0.05) is 31.9 Å². The van der Waals surface area contributed by atoms with Gasteiger partial charge in [0.2, 0.25) is 0 Å². The summed E-state index contributed by atoms with van der Waals surface area (Å²) in [5.74, 6) is 7.71. The molecule has 78 valence electrons. The van der Waals surface area contributed by atoms with Crippen molar-refractivity contribution in [2.45, 2.75) is 52.4 Å². The van der Waals surface area contributed by atoms with Gasteiger partial charge < -0.3 is 0 Å². The summed E-state index contributed by atoms with van der Waals surface area (Å²) in [7, 11) is 0. The van der Waals surface area contributed by atoms with Crippen molar-refractivity contribution < 1.29 is 0 Å². The average molecular weight is 190 g/mol. The largest absolute Gasteiger partial charge is 0.107 e. The predicted octanol–water partition coefficient (Wildman–Crippen LogP) is 4.17. The molecule has 0 nitrogen and oxygen atoms in total. The highest BCUT2D eigenvalue weighted by atomic mass is 14.2. The highest BCUT2D eigenvalue weighted by Gasteiger charge is 2.10. The monoisotopic (exact) mass is 190 g/mol. The van der Waals surface area contributed by atoms with Crippen LogP contribution in [0.4, 0.5) is 0 Å². The fourth-order valence-corrected chi connectivity index (χ4v) is 2.01. The Kier molecular flexibility index (Phi) is 5.45. The third-order valence-electron chi connectivity index (χ3n) is 2.97. The Morgan fingerprint density at radius 3 is 2.71 bits per heavy atom. The molecule has 0 aromatic heterocycles. The maximum absolute atomic E-state index is 3.14. The lowest BCUT2D eigenvalue weighted by atomic mass is 10.0. The van der Waals surface area contributed by atoms with Crippen LogP contribution in [0.1, 0.15) is 52.4 Å². The second-order valence-corrected chi connectivity index (χ2v) is 4.44. The Morgan fingerprint density at radius 1 is 1.36 bits per heavy atom. The van der Waals surface area contributed by atoms with Gasteiger partial charge in [0.1, 0.15) is 0 Å². The van der Waals surface area contributed by atoms with Gasteiger partial charge in [-0.2, -0.15) is 0 Å². The SMILES string of the molecule is CC#CCC(C)C/C=C/C1CCCC1. The van der Waals surface area contributed by atoms with Crippen LogP contribution in [0, 0.1) is 23.7 Å². The molecule has 0 radical (unpaired) electrons. The van der Waals surface area contributed by atoms with Gasteiger partial charge in [0.15, 0.2) is 0 Å². The minimum atomic E-state index is 0.722. The summed E-state index contributed by atoms with van der Waals surface area (Å²) in [6.07, 6.45) is 12.8. The lowest BCUT2D eigenvalue weighted by Crippen LogP contribution is -1.91. The number of hydrogen-bond acceptors (Lipinski definition) is 0. The Labute approximate surface area is 88.8 Å². The van der Waals surface area contributed by atoms with Gasteiger partial charge in [0.05, 0.1) is 0 Å². The van der Waals surface area contributed by atoms with Crippen molar-refractivity contribution in [2.75, 3.05) is 0 Å². The lowest BCUT2D eigenvalue weighted by molar-refractivity contribution is 0.605. The normalized spacial score (nSPS) is 19.6. The van der Waals surface area contributed by atoms with Gasteiger partial charge >= 0.3 is 0 Å². The van der Waals surface area contributed by atoms with E-state index < -0.39 is 0 Å². The van der Waals surface area contributed by atoms with Crippen molar-refractivity contribution in [2.24, 2.45) is 11.8 Å². The van der Waals surface area contributed by atoms with Crippen LogP contribution < -0.4 is 0 Å². The van der Waals surface area contributed by atoms with Crippen molar-refractivity contribution in [3.63, 3.8) is 0 Å². The Balaban J connectivity index is 2.13. The van der Waals surface area contributed by atoms with E-state index in [-0.39, 0.29) is 0 Å². The highest BCUT2D eigenvalue weighted by molar-refractivity contribution is 4.98. The van der Waals surface area contributed by atoms with Crippen molar-refractivity contribution in [1.29, 1.82) is 0 Å². The Hall–Kier alpha value is -0.700. The molecule has 0 aromatic rings. The lowest BCUT2D eigenvalue weighted by Gasteiger charge is -2.04. The molecule has 0 heteroatoms. The zero-order valence-electron chi connectivity index (χ0n) is 9.55. The molecule has 0 saturated heterocycles. The molecule has 1 rings (SSSR count). The standard InChI is InChI=1S/C14H22/c1-3-4-8-13(2)9-7-12-14-10-5-6-11-14/h7,12-14H,5-6,8-11H2,1-2H3/b12-7+. The van der Waals surface area contributed by atoms with Gasteiger partial charge in [-0.05, 0) is 38.0 Å². The number of rotatable bonds is 4. The molecule has 0 amide bonds. The second kappa shape index (κ2) is 6.71. The van der Waals surface area contributed by atoms with Crippen molar-refractivity contribution in [1.82, 2.24) is 0 Å². The van der Waals surface area contributed by atoms with Crippen molar-refractivity contribution in [3.8, 4) is 11.8 Å². The highest BCUT2D eigenvalue weighted by Crippen LogP contribution is 2.26. The summed E-state index contributed by atoms with van der Waals surface area (Å²) in [6.45, 7) is 4.20. The van der Waals surface area contributed by atoms with Crippen LogP contribution in [0.3, 0.4) is 0 Å². The van der Waals surface area contributed by atoms with Crippen LogP contribution in [0.2, 0.25) is 0 Å². The first kappa shape index (κ1) is 11.4. The molecule has 1 saturated carbocycles. The summed E-state index contributed by atoms with van der Waals surface area (Å²) >= 11 is 0. The molecule has 0 N–H and O–H groups in total. The molecule has 0 spiro atoms. The zero-order valence-corrected chi connectivity index (χ0v) is 9.55. The van der Waals surface area contributed by atoms with Crippen LogP contribution in [-0.2, 0) is 0 Å². The molecule has 0 aliphatic heterocycles. The molecule has 1 unspecified atom stereocenters. The van der Waals surface area contributed by atoms with Gasteiger partial charge in [0, 0.05) is 6.42 Å². The third-order valence-corrected chi connectivity index (χ3v) is 2.97. The van der Waals surface area contributed by atoms with Crippen LogP contribution in [-0.4, -0.2) is 0 Å². The van der Waals surface area contributed by atoms with E-state index in [0.717, 1.165) is 18.3 Å². The Bertz CT molecular complexity index is 220. The number of allylic oxidation sites excluding steroid dienone is 2. The van der Waals surface area contributed by atoms with Crippen LogP contribution in [0.25, 0.3) is 0 Å². The molecule has 0 aromatic carbocycles. The minimum Gasteiger partial charge on any atom is -0.107 e. The molecule has 1 fully saturated rings. The molecule has 1 aliphatic rings. The first-order valence-electron chi connectivity index (χ1n) is 5.89. The van der Waals surface area contributed by atoms with E-state index in [1.165, 1.54) is 32.1 Å². The van der Waals surface area contributed by atoms with Gasteiger partial charge in [0.25, 0.3) is 0 Å². The first-order chi connectivity index (χ1) is 6.83. The van der Waals surface area contributed by atoms with E-state index in [0.29, 0.717) is 0 Å². The summed E-state index contributed by atoms with van der Waals surface area (Å²) in [5, 5.41) is 0. The second-order valence-electron chi connectivity index (χ2n) is 4.44. The van der Waals surface area contributed by atoms with Gasteiger partial charge in [-0.15, -0.1) is 11.8 Å². The van der Waals surface area contributed by atoms with E-state index in [4.69, 9.17) is 0 Å². The molecular formula is C14H22. The topological polar surface area (TPSA) is 0 Å². The Morgan fingerprint density at radius 2 is 2.07 bits per heavy atom. The predicted molar refractivity (Wildman–Crippen MR) is 62.9 cm³/mol. The van der Waals surface area contributed by atoms with Crippen molar-refractivity contribution >= 4 is 0 Å². The van der Waals surface area contributed by atoms with Gasteiger partial charge in [-0.25, -0.2) is 0 Å². The fraction of sp³-hybridized carbons (Fsp3) is 0.714. The average Bonchev–Trinajstić information content (AvgIpc) is 2.67. The molecule has 14 heavy (non-hydrogen) atoms. The molecular weight excluding hydrogens is 168 g/mol. The summed E-state index contributed by atoms with van der Waals surface area (Å²) in [4.78, 5) is 0. The minimum absolute atomic E-state index is 0.722. The van der Waals surface area contributed by atoms with Crippen molar-refractivity contribution in [3.05, 3.63) is 12.2 Å². The van der Waals surface area contributed by atoms with E-state index in [9.17, 15) is 0 Å². The van der Waals surface area contributed by atoms with E-state index in [1.54, 1.807) is 0 Å². The maximum Gasteiger partial charge on any atom is 0.0117 e. The van der Waals surface area contributed by atoms with E-state index in [2.05, 4.69) is 30.9 Å². The summed E-state index contributed by atoms with van der Waals surface area (Å²) in [6, 6.07) is 0. The third kappa shape index (κ3) is 4.51. The quantitative estimate of drug-likeness (QED) is 0.461. The van der Waals surface area contributed by atoms with Crippen LogP contribution in [0.15, 0.2) is 12.2 Å². The van der Waals surface area contributed by atoms with E-state index >= 15 is 0 Å². The first-order valence-corrected chi connectivity index (χ1v) is 5.89. The molecule has 0 bridgehead atoms. The smallest absolute Gasteiger partial charge is 0.0117 e. The van der Waals surface area contributed by atoms with Crippen LogP contribution in [0.5, 0.6) is 0 Å². The zero-order chi connectivity index (χ0) is 10.2. The summed E-state index contributed by atoms with van der Waals surface area (Å²) in [5.41, 5.74) is 0. The maximum atomic E-state index is 3.14. The number of hydrogen-bond donors (Lipinski definition) is 0.